The standard InChI is InChI=1S/C14H22ClNO2S/c1-3-18-14(6-8-17-9-7-14)12(16-2)10-11-4-5-13(15)19-11/h4-5,12,16H,3,6-10H2,1-2H3. The largest absolute Gasteiger partial charge is 0.381 e. The van der Waals surface area contributed by atoms with Gasteiger partial charge in [0.25, 0.3) is 0 Å². The Balaban J connectivity index is 2.12. The monoisotopic (exact) mass is 303 g/mol. The van der Waals surface area contributed by atoms with Gasteiger partial charge in [0.15, 0.2) is 0 Å². The van der Waals surface area contributed by atoms with Crippen molar-refractivity contribution in [3.63, 3.8) is 0 Å². The predicted molar refractivity (Wildman–Crippen MR) is 80.3 cm³/mol. The molecule has 5 heteroatoms. The molecule has 0 aliphatic carbocycles. The molecule has 1 unspecified atom stereocenters. The molecule has 1 atom stereocenters. The Kier molecular flexibility index (Phi) is 5.66. The highest BCUT2D eigenvalue weighted by atomic mass is 35.5. The van der Waals surface area contributed by atoms with E-state index in [1.165, 1.54) is 4.88 Å². The van der Waals surface area contributed by atoms with Gasteiger partial charge in [-0.25, -0.2) is 0 Å². The fourth-order valence-electron chi connectivity index (χ4n) is 2.81. The second kappa shape index (κ2) is 7.04. The fourth-order valence-corrected chi connectivity index (χ4v) is 3.94. The average molecular weight is 304 g/mol. The Labute approximate surface area is 124 Å². The third kappa shape index (κ3) is 3.70. The molecule has 0 amide bonds. The van der Waals surface area contributed by atoms with Crippen molar-refractivity contribution in [2.24, 2.45) is 0 Å². The van der Waals surface area contributed by atoms with Crippen molar-refractivity contribution in [2.75, 3.05) is 26.9 Å². The van der Waals surface area contributed by atoms with E-state index in [1.807, 2.05) is 13.1 Å². The summed E-state index contributed by atoms with van der Waals surface area (Å²) in [5.74, 6) is 0. The first kappa shape index (κ1) is 15.3. The van der Waals surface area contributed by atoms with Crippen molar-refractivity contribution in [3.05, 3.63) is 21.3 Å². The summed E-state index contributed by atoms with van der Waals surface area (Å²) in [6, 6.07) is 4.37. The van der Waals surface area contributed by atoms with Crippen LogP contribution in [0.3, 0.4) is 0 Å². The van der Waals surface area contributed by atoms with Crippen LogP contribution in [0.4, 0.5) is 0 Å². The van der Waals surface area contributed by atoms with Crippen LogP contribution in [0.1, 0.15) is 24.6 Å². The molecule has 1 aliphatic heterocycles. The molecular weight excluding hydrogens is 282 g/mol. The minimum atomic E-state index is -0.113. The molecule has 1 aromatic rings. The zero-order valence-corrected chi connectivity index (χ0v) is 13.1. The van der Waals surface area contributed by atoms with Gasteiger partial charge in [0, 0.05) is 43.6 Å². The summed E-state index contributed by atoms with van der Waals surface area (Å²) in [7, 11) is 2.01. The lowest BCUT2D eigenvalue weighted by Crippen LogP contribution is -2.55. The van der Waals surface area contributed by atoms with E-state index in [4.69, 9.17) is 21.1 Å². The van der Waals surface area contributed by atoms with Crippen molar-refractivity contribution in [3.8, 4) is 0 Å². The minimum absolute atomic E-state index is 0.113. The zero-order valence-electron chi connectivity index (χ0n) is 11.6. The maximum atomic E-state index is 6.13. The van der Waals surface area contributed by atoms with Gasteiger partial charge in [-0.1, -0.05) is 11.6 Å². The van der Waals surface area contributed by atoms with E-state index in [0.717, 1.165) is 43.4 Å². The number of nitrogens with one attached hydrogen (secondary N) is 1. The van der Waals surface area contributed by atoms with Gasteiger partial charge in [-0.05, 0) is 32.5 Å². The van der Waals surface area contributed by atoms with Crippen LogP contribution < -0.4 is 5.32 Å². The SMILES string of the molecule is CCOC1(C(Cc2ccc(Cl)s2)NC)CCOCC1. The van der Waals surface area contributed by atoms with Crippen LogP contribution in [0.25, 0.3) is 0 Å². The molecule has 108 valence electrons. The third-order valence-corrected chi connectivity index (χ3v) is 5.04. The molecule has 1 aromatic heterocycles. The van der Waals surface area contributed by atoms with E-state index in [0.29, 0.717) is 6.04 Å². The summed E-state index contributed by atoms with van der Waals surface area (Å²) in [6.45, 7) is 4.36. The Bertz CT molecular complexity index is 385. The highest BCUT2D eigenvalue weighted by Crippen LogP contribution is 2.32. The zero-order chi connectivity index (χ0) is 13.7. The highest BCUT2D eigenvalue weighted by molar-refractivity contribution is 7.16. The van der Waals surface area contributed by atoms with Crippen molar-refractivity contribution in [1.82, 2.24) is 5.32 Å². The predicted octanol–water partition coefficient (Wildman–Crippen LogP) is 3.12. The average Bonchev–Trinajstić information content (AvgIpc) is 2.83. The Morgan fingerprint density at radius 1 is 1.47 bits per heavy atom. The van der Waals surface area contributed by atoms with E-state index in [9.17, 15) is 0 Å². The summed E-state index contributed by atoms with van der Waals surface area (Å²) < 4.78 is 12.5. The molecular formula is C14H22ClNO2S. The van der Waals surface area contributed by atoms with Gasteiger partial charge in [-0.15, -0.1) is 11.3 Å². The first-order chi connectivity index (χ1) is 9.20. The number of ether oxygens (including phenoxy) is 2. The van der Waals surface area contributed by atoms with Crippen molar-refractivity contribution in [1.29, 1.82) is 0 Å². The van der Waals surface area contributed by atoms with E-state index in [2.05, 4.69) is 18.3 Å². The molecule has 19 heavy (non-hydrogen) atoms. The first-order valence-corrected chi connectivity index (χ1v) is 8.03. The Morgan fingerprint density at radius 3 is 2.74 bits per heavy atom. The number of hydrogen-bond acceptors (Lipinski definition) is 4. The van der Waals surface area contributed by atoms with Gasteiger partial charge in [0.1, 0.15) is 0 Å². The number of rotatable bonds is 6. The maximum absolute atomic E-state index is 6.13. The second-order valence-corrected chi connectivity index (χ2v) is 6.66. The van der Waals surface area contributed by atoms with Crippen molar-refractivity contribution < 1.29 is 9.47 Å². The maximum Gasteiger partial charge on any atom is 0.0931 e. The molecule has 1 fully saturated rings. The van der Waals surface area contributed by atoms with Crippen LogP contribution in [-0.2, 0) is 15.9 Å². The molecule has 1 aliphatic rings. The van der Waals surface area contributed by atoms with Crippen LogP contribution in [-0.4, -0.2) is 38.5 Å². The van der Waals surface area contributed by atoms with E-state index in [-0.39, 0.29) is 5.60 Å². The van der Waals surface area contributed by atoms with Gasteiger partial charge in [0.05, 0.1) is 9.94 Å². The van der Waals surface area contributed by atoms with E-state index < -0.39 is 0 Å². The third-order valence-electron chi connectivity index (χ3n) is 3.79. The van der Waals surface area contributed by atoms with Gasteiger partial charge >= 0.3 is 0 Å². The van der Waals surface area contributed by atoms with Gasteiger partial charge in [-0.2, -0.15) is 0 Å². The lowest BCUT2D eigenvalue weighted by Gasteiger charge is -2.43. The molecule has 1 N–H and O–H groups in total. The summed E-state index contributed by atoms with van der Waals surface area (Å²) in [5, 5.41) is 3.44. The molecule has 0 saturated carbocycles. The Hall–Kier alpha value is -0.130. The topological polar surface area (TPSA) is 30.5 Å². The normalized spacial score (nSPS) is 20.4. The van der Waals surface area contributed by atoms with Crippen LogP contribution >= 0.6 is 22.9 Å². The number of halogens is 1. The first-order valence-electron chi connectivity index (χ1n) is 6.83. The molecule has 2 rings (SSSR count). The molecule has 0 spiro atoms. The summed E-state index contributed by atoms with van der Waals surface area (Å²) in [4.78, 5) is 1.30. The number of thiophene rings is 1. The second-order valence-electron chi connectivity index (χ2n) is 4.86. The van der Waals surface area contributed by atoms with E-state index in [1.54, 1.807) is 11.3 Å². The lowest BCUT2D eigenvalue weighted by molar-refractivity contribution is -0.125. The number of hydrogen-bond donors (Lipinski definition) is 1. The fraction of sp³-hybridized carbons (Fsp3) is 0.714. The molecule has 0 radical (unpaired) electrons. The van der Waals surface area contributed by atoms with Crippen molar-refractivity contribution in [2.45, 2.75) is 37.8 Å². The van der Waals surface area contributed by atoms with Gasteiger partial charge in [0.2, 0.25) is 0 Å². The molecule has 3 nitrogen and oxygen atoms in total. The Morgan fingerprint density at radius 2 is 2.21 bits per heavy atom. The van der Waals surface area contributed by atoms with Crippen LogP contribution in [0, 0.1) is 0 Å². The van der Waals surface area contributed by atoms with Crippen molar-refractivity contribution >= 4 is 22.9 Å². The quantitative estimate of drug-likeness (QED) is 0.876. The summed E-state index contributed by atoms with van der Waals surface area (Å²) in [5.41, 5.74) is -0.113. The number of likely N-dealkylation sites (N-methyl/N-ethyl adjacent to an activating group) is 1. The van der Waals surface area contributed by atoms with E-state index >= 15 is 0 Å². The molecule has 2 heterocycles. The van der Waals surface area contributed by atoms with Gasteiger partial charge < -0.3 is 14.8 Å². The molecule has 1 saturated heterocycles. The minimum Gasteiger partial charge on any atom is -0.381 e. The van der Waals surface area contributed by atoms with Crippen LogP contribution in [0.2, 0.25) is 4.34 Å². The molecule has 0 aromatic carbocycles. The highest BCUT2D eigenvalue weighted by Gasteiger charge is 2.40. The van der Waals surface area contributed by atoms with Crippen LogP contribution in [0.15, 0.2) is 12.1 Å². The van der Waals surface area contributed by atoms with Gasteiger partial charge in [-0.3, -0.25) is 0 Å². The van der Waals surface area contributed by atoms with Crippen LogP contribution in [0.5, 0.6) is 0 Å². The summed E-state index contributed by atoms with van der Waals surface area (Å²) >= 11 is 7.67. The lowest BCUT2D eigenvalue weighted by atomic mass is 9.84. The molecule has 0 bridgehead atoms. The smallest absolute Gasteiger partial charge is 0.0931 e. The summed E-state index contributed by atoms with van der Waals surface area (Å²) in [6.07, 6.45) is 2.85.